The van der Waals surface area contributed by atoms with E-state index < -0.39 is 10.0 Å². The second-order valence-electron chi connectivity index (χ2n) is 6.23. The molecule has 25 heavy (non-hydrogen) atoms. The maximum atomic E-state index is 12.3. The molecule has 2 N–H and O–H groups in total. The van der Waals surface area contributed by atoms with Gasteiger partial charge in [-0.2, -0.15) is 0 Å². The summed E-state index contributed by atoms with van der Waals surface area (Å²) in [6.45, 7) is 0.431. The van der Waals surface area contributed by atoms with Gasteiger partial charge in [-0.25, -0.2) is 13.1 Å². The van der Waals surface area contributed by atoms with Crippen molar-refractivity contribution in [2.75, 3.05) is 7.05 Å². The van der Waals surface area contributed by atoms with Gasteiger partial charge < -0.3 is 5.32 Å². The molecule has 0 atom stereocenters. The molecule has 2 aromatic rings. The number of thiophene rings is 1. The van der Waals surface area contributed by atoms with Gasteiger partial charge in [-0.3, -0.25) is 4.79 Å². The van der Waals surface area contributed by atoms with Crippen LogP contribution in [-0.2, 0) is 35.2 Å². The average Bonchev–Trinajstić information content (AvgIpc) is 3.05. The molecule has 0 radical (unpaired) electrons. The number of fused-ring (bicyclic) bond motifs is 1. The highest BCUT2D eigenvalue weighted by molar-refractivity contribution is 7.88. The molecule has 0 unspecified atom stereocenters. The standard InChI is InChI=1S/C18H22N2O3S2/c1-19-25(22,23)12-14-8-6-13(7-9-14)11-20-18(21)17-10-15-4-2-3-5-16(15)24-17/h6-10,19H,2-5,11-12H2,1H3,(H,20,21). The topological polar surface area (TPSA) is 75.3 Å². The average molecular weight is 379 g/mol. The SMILES string of the molecule is CNS(=O)(=O)Cc1ccc(CNC(=O)c2cc3c(s2)CCCC3)cc1. The van der Waals surface area contributed by atoms with Crippen LogP contribution in [0.15, 0.2) is 30.3 Å². The lowest BCUT2D eigenvalue weighted by molar-refractivity contribution is 0.0955. The number of rotatable bonds is 6. The third kappa shape index (κ3) is 4.68. The number of carbonyl (C=O) groups is 1. The van der Waals surface area contributed by atoms with Crippen molar-refractivity contribution in [3.63, 3.8) is 0 Å². The lowest BCUT2D eigenvalue weighted by atomic mass is 9.99. The summed E-state index contributed by atoms with van der Waals surface area (Å²) < 4.78 is 25.4. The summed E-state index contributed by atoms with van der Waals surface area (Å²) in [4.78, 5) is 14.5. The Labute approximate surface area is 152 Å². The van der Waals surface area contributed by atoms with Crippen molar-refractivity contribution in [1.82, 2.24) is 10.0 Å². The Morgan fingerprint density at radius 1 is 1.12 bits per heavy atom. The molecule has 1 aliphatic carbocycles. The minimum Gasteiger partial charge on any atom is -0.347 e. The van der Waals surface area contributed by atoms with Crippen LogP contribution in [-0.4, -0.2) is 21.4 Å². The Morgan fingerprint density at radius 3 is 2.48 bits per heavy atom. The van der Waals surface area contributed by atoms with Crippen molar-refractivity contribution in [2.45, 2.75) is 38.0 Å². The van der Waals surface area contributed by atoms with E-state index in [1.54, 1.807) is 23.5 Å². The van der Waals surface area contributed by atoms with Gasteiger partial charge >= 0.3 is 0 Å². The molecule has 0 bridgehead atoms. The zero-order valence-corrected chi connectivity index (χ0v) is 15.8. The van der Waals surface area contributed by atoms with Gasteiger partial charge in [-0.1, -0.05) is 24.3 Å². The Morgan fingerprint density at radius 2 is 1.80 bits per heavy atom. The number of carbonyl (C=O) groups excluding carboxylic acids is 1. The Bertz CT molecular complexity index is 831. The van der Waals surface area contributed by atoms with Gasteiger partial charge in [0.25, 0.3) is 5.91 Å². The van der Waals surface area contributed by atoms with Crippen LogP contribution in [0.2, 0.25) is 0 Å². The summed E-state index contributed by atoms with van der Waals surface area (Å²) in [5, 5.41) is 2.94. The molecular weight excluding hydrogens is 356 g/mol. The fourth-order valence-electron chi connectivity index (χ4n) is 2.92. The number of sulfonamides is 1. The van der Waals surface area contributed by atoms with Gasteiger partial charge in [0.2, 0.25) is 10.0 Å². The summed E-state index contributed by atoms with van der Waals surface area (Å²) in [6, 6.07) is 9.28. The first kappa shape index (κ1) is 18.1. The van der Waals surface area contributed by atoms with Crippen LogP contribution in [0.4, 0.5) is 0 Å². The van der Waals surface area contributed by atoms with Crippen LogP contribution in [0.1, 0.15) is 44.1 Å². The van der Waals surface area contributed by atoms with Crippen molar-refractivity contribution in [2.24, 2.45) is 0 Å². The molecular formula is C18H22N2O3S2. The number of hydrogen-bond donors (Lipinski definition) is 2. The molecule has 3 rings (SSSR count). The predicted molar refractivity (Wildman–Crippen MR) is 100 cm³/mol. The van der Waals surface area contributed by atoms with E-state index in [9.17, 15) is 13.2 Å². The normalized spacial score (nSPS) is 14.1. The lowest BCUT2D eigenvalue weighted by Gasteiger charge is -2.08. The Balaban J connectivity index is 1.58. The maximum absolute atomic E-state index is 12.3. The van der Waals surface area contributed by atoms with E-state index in [2.05, 4.69) is 10.0 Å². The molecule has 5 nitrogen and oxygen atoms in total. The zero-order valence-electron chi connectivity index (χ0n) is 14.2. The first-order valence-corrected chi connectivity index (χ1v) is 10.8. The zero-order chi connectivity index (χ0) is 17.9. The first-order chi connectivity index (χ1) is 12.0. The molecule has 0 spiro atoms. The van der Waals surface area contributed by atoms with Crippen molar-refractivity contribution in [3.8, 4) is 0 Å². The molecule has 0 saturated carbocycles. The van der Waals surface area contributed by atoms with Crippen LogP contribution >= 0.6 is 11.3 Å². The minimum absolute atomic E-state index is 0.0405. The lowest BCUT2D eigenvalue weighted by Crippen LogP contribution is -2.22. The summed E-state index contributed by atoms with van der Waals surface area (Å²) >= 11 is 1.60. The summed E-state index contributed by atoms with van der Waals surface area (Å²) in [5.74, 6) is -0.0853. The van der Waals surface area contributed by atoms with Crippen LogP contribution in [0.5, 0.6) is 0 Å². The third-order valence-electron chi connectivity index (χ3n) is 4.36. The number of benzene rings is 1. The second-order valence-corrected chi connectivity index (χ2v) is 9.29. The monoisotopic (exact) mass is 378 g/mol. The first-order valence-electron chi connectivity index (χ1n) is 8.35. The summed E-state index contributed by atoms with van der Waals surface area (Å²) in [6.07, 6.45) is 4.59. The number of hydrogen-bond acceptors (Lipinski definition) is 4. The van der Waals surface area contributed by atoms with E-state index in [0.29, 0.717) is 6.54 Å². The number of aryl methyl sites for hydroxylation is 2. The van der Waals surface area contributed by atoms with Gasteiger partial charge in [-0.05, 0) is 55.5 Å². The van der Waals surface area contributed by atoms with Crippen molar-refractivity contribution in [1.29, 1.82) is 0 Å². The highest BCUT2D eigenvalue weighted by Crippen LogP contribution is 2.29. The third-order valence-corrected chi connectivity index (χ3v) is 6.94. The van der Waals surface area contributed by atoms with Crippen LogP contribution in [0, 0.1) is 0 Å². The van der Waals surface area contributed by atoms with E-state index in [1.165, 1.54) is 30.3 Å². The van der Waals surface area contributed by atoms with E-state index >= 15 is 0 Å². The largest absolute Gasteiger partial charge is 0.347 e. The Hall–Kier alpha value is -1.70. The van der Waals surface area contributed by atoms with Crippen LogP contribution in [0.3, 0.4) is 0 Å². The molecule has 0 fully saturated rings. The molecule has 0 saturated heterocycles. The van der Waals surface area contributed by atoms with Crippen molar-refractivity contribution in [3.05, 3.63) is 56.8 Å². The second kappa shape index (κ2) is 7.68. The quantitative estimate of drug-likeness (QED) is 0.811. The number of amides is 1. The fraction of sp³-hybridized carbons (Fsp3) is 0.389. The van der Waals surface area contributed by atoms with Gasteiger partial charge in [-0.15, -0.1) is 11.3 Å². The van der Waals surface area contributed by atoms with Crippen LogP contribution < -0.4 is 10.0 Å². The smallest absolute Gasteiger partial charge is 0.261 e. The summed E-state index contributed by atoms with van der Waals surface area (Å²) in [5.41, 5.74) is 2.99. The number of nitrogens with one attached hydrogen (secondary N) is 2. The van der Waals surface area contributed by atoms with E-state index in [0.717, 1.165) is 28.8 Å². The highest BCUT2D eigenvalue weighted by Gasteiger charge is 2.17. The maximum Gasteiger partial charge on any atom is 0.261 e. The molecule has 1 aliphatic rings. The summed E-state index contributed by atoms with van der Waals surface area (Å²) in [7, 11) is -1.86. The highest BCUT2D eigenvalue weighted by atomic mass is 32.2. The van der Waals surface area contributed by atoms with Gasteiger partial charge in [0.05, 0.1) is 10.6 Å². The fourth-order valence-corrected chi connectivity index (χ4v) is 4.86. The molecule has 1 heterocycles. The molecule has 1 aromatic heterocycles. The van der Waals surface area contributed by atoms with Gasteiger partial charge in [0, 0.05) is 11.4 Å². The minimum atomic E-state index is -3.27. The molecule has 7 heteroatoms. The van der Waals surface area contributed by atoms with Crippen molar-refractivity contribution < 1.29 is 13.2 Å². The molecule has 1 aromatic carbocycles. The van der Waals surface area contributed by atoms with Gasteiger partial charge in [0.1, 0.15) is 0 Å². The van der Waals surface area contributed by atoms with Crippen LogP contribution in [0.25, 0.3) is 0 Å². The molecule has 0 aliphatic heterocycles. The van der Waals surface area contributed by atoms with E-state index in [-0.39, 0.29) is 11.7 Å². The van der Waals surface area contributed by atoms with Gasteiger partial charge in [0.15, 0.2) is 0 Å². The van der Waals surface area contributed by atoms with Crippen molar-refractivity contribution >= 4 is 27.3 Å². The Kier molecular flexibility index (Phi) is 5.56. The van der Waals surface area contributed by atoms with E-state index in [4.69, 9.17) is 0 Å². The molecule has 134 valence electrons. The predicted octanol–water partition coefficient (Wildman–Crippen LogP) is 2.61. The van der Waals surface area contributed by atoms with E-state index in [1.807, 2.05) is 18.2 Å². The molecule has 1 amide bonds.